The fraction of sp³-hybridized carbons (Fsp3) is 0.250. The molecule has 6 nitrogen and oxygen atoms in total. The molecule has 0 bridgehead atoms. The molecule has 1 unspecified atom stereocenters. The summed E-state index contributed by atoms with van der Waals surface area (Å²) in [6.07, 6.45) is 4.00. The fourth-order valence-electron chi connectivity index (χ4n) is 2.86. The first-order chi connectivity index (χ1) is 13.2. The zero-order valence-corrected chi connectivity index (χ0v) is 16.1. The Kier molecular flexibility index (Phi) is 5.13. The van der Waals surface area contributed by atoms with Crippen LogP contribution in [0.25, 0.3) is 10.8 Å². The lowest BCUT2D eigenvalue weighted by Gasteiger charge is -2.20. The number of thiophene rings is 1. The van der Waals surface area contributed by atoms with Crippen LogP contribution in [0.1, 0.15) is 30.0 Å². The zero-order valence-electron chi connectivity index (χ0n) is 15.3. The molecular weight excluding hydrogens is 358 g/mol. The summed E-state index contributed by atoms with van der Waals surface area (Å²) in [7, 11) is 2.05. The molecular formula is C20H21N5OS. The highest BCUT2D eigenvalue weighted by Gasteiger charge is 2.20. The molecule has 0 saturated heterocycles. The van der Waals surface area contributed by atoms with Gasteiger partial charge in [0.2, 0.25) is 5.89 Å². The molecule has 0 fully saturated rings. The van der Waals surface area contributed by atoms with E-state index in [2.05, 4.69) is 45.4 Å². The van der Waals surface area contributed by atoms with E-state index in [0.717, 1.165) is 23.5 Å². The van der Waals surface area contributed by atoms with Crippen LogP contribution >= 0.6 is 11.3 Å². The van der Waals surface area contributed by atoms with Crippen molar-refractivity contribution in [2.75, 3.05) is 7.05 Å². The predicted molar refractivity (Wildman–Crippen MR) is 105 cm³/mol. The van der Waals surface area contributed by atoms with Crippen molar-refractivity contribution in [2.24, 2.45) is 0 Å². The van der Waals surface area contributed by atoms with Crippen LogP contribution in [0.3, 0.4) is 0 Å². The summed E-state index contributed by atoms with van der Waals surface area (Å²) in [5, 5.41) is 14.9. The Morgan fingerprint density at radius 2 is 1.96 bits per heavy atom. The maximum Gasteiger partial charge on any atom is 0.257 e. The van der Waals surface area contributed by atoms with Gasteiger partial charge in [-0.15, -0.1) is 21.5 Å². The molecule has 138 valence electrons. The van der Waals surface area contributed by atoms with Gasteiger partial charge >= 0.3 is 0 Å². The molecule has 1 atom stereocenters. The molecule has 0 radical (unpaired) electrons. The lowest BCUT2D eigenvalue weighted by atomic mass is 10.2. The van der Waals surface area contributed by atoms with Crippen LogP contribution in [0.15, 0.2) is 64.7 Å². The fourth-order valence-corrected chi connectivity index (χ4v) is 3.51. The molecule has 27 heavy (non-hydrogen) atoms. The monoisotopic (exact) mass is 379 g/mol. The topological polar surface area (TPSA) is 60.0 Å². The van der Waals surface area contributed by atoms with Crippen LogP contribution < -0.4 is 0 Å². The zero-order chi connectivity index (χ0) is 18.6. The van der Waals surface area contributed by atoms with Gasteiger partial charge in [0.1, 0.15) is 0 Å². The quantitative estimate of drug-likeness (QED) is 0.481. The molecule has 0 N–H and O–H groups in total. The molecule has 3 aromatic heterocycles. The molecule has 4 rings (SSSR count). The Labute approximate surface area is 162 Å². The molecule has 0 aliphatic carbocycles. The van der Waals surface area contributed by atoms with Crippen molar-refractivity contribution < 1.29 is 4.42 Å². The summed E-state index contributed by atoms with van der Waals surface area (Å²) < 4.78 is 7.82. The van der Waals surface area contributed by atoms with E-state index in [1.807, 2.05) is 53.6 Å². The van der Waals surface area contributed by atoms with Crippen molar-refractivity contribution in [2.45, 2.75) is 26.1 Å². The minimum absolute atomic E-state index is 0.0173. The smallest absolute Gasteiger partial charge is 0.257 e. The van der Waals surface area contributed by atoms with E-state index in [0.29, 0.717) is 11.8 Å². The van der Waals surface area contributed by atoms with Crippen LogP contribution in [0, 0.1) is 0 Å². The molecule has 0 aliphatic rings. The van der Waals surface area contributed by atoms with Crippen molar-refractivity contribution >= 4 is 11.3 Å². The summed E-state index contributed by atoms with van der Waals surface area (Å²) in [5.41, 5.74) is 2.39. The highest BCUT2D eigenvalue weighted by atomic mass is 32.1. The number of rotatable bonds is 7. The third-order valence-electron chi connectivity index (χ3n) is 4.50. The normalized spacial score (nSPS) is 12.6. The lowest BCUT2D eigenvalue weighted by molar-refractivity contribution is 0.218. The summed E-state index contributed by atoms with van der Waals surface area (Å²) in [4.78, 5) is 3.17. The number of benzene rings is 1. The molecule has 7 heteroatoms. The first-order valence-corrected chi connectivity index (χ1v) is 9.70. The first-order valence-electron chi connectivity index (χ1n) is 8.82. The van der Waals surface area contributed by atoms with E-state index in [9.17, 15) is 0 Å². The largest absolute Gasteiger partial charge is 0.418 e. The average molecular weight is 379 g/mol. The van der Waals surface area contributed by atoms with Crippen molar-refractivity contribution in [1.29, 1.82) is 0 Å². The number of aromatic nitrogens is 4. The van der Waals surface area contributed by atoms with Crippen molar-refractivity contribution in [3.05, 3.63) is 77.3 Å². The second kappa shape index (κ2) is 7.85. The minimum atomic E-state index is 0.0173. The summed E-state index contributed by atoms with van der Waals surface area (Å²) in [6.45, 7) is 3.60. The van der Waals surface area contributed by atoms with E-state index in [1.165, 1.54) is 5.56 Å². The van der Waals surface area contributed by atoms with E-state index in [1.54, 1.807) is 11.3 Å². The van der Waals surface area contributed by atoms with Gasteiger partial charge in [-0.05, 0) is 31.0 Å². The minimum Gasteiger partial charge on any atom is -0.418 e. The average Bonchev–Trinajstić information content (AvgIpc) is 3.43. The Bertz CT molecular complexity index is 977. The number of hydrogen-bond acceptors (Lipinski definition) is 6. The van der Waals surface area contributed by atoms with Gasteiger partial charge in [0.25, 0.3) is 5.89 Å². The molecule has 1 aromatic carbocycles. The summed E-state index contributed by atoms with van der Waals surface area (Å²) in [6, 6.07) is 14.3. The second-order valence-electron chi connectivity index (χ2n) is 6.55. The van der Waals surface area contributed by atoms with E-state index in [-0.39, 0.29) is 6.04 Å². The highest BCUT2D eigenvalue weighted by molar-refractivity contribution is 7.13. The Morgan fingerprint density at radius 3 is 2.74 bits per heavy atom. The number of hydrogen-bond donors (Lipinski definition) is 0. The maximum absolute atomic E-state index is 5.86. The summed E-state index contributed by atoms with van der Waals surface area (Å²) in [5.74, 6) is 1.20. The van der Waals surface area contributed by atoms with Gasteiger partial charge in [-0.25, -0.2) is 0 Å². The Hall–Kier alpha value is -2.77. The summed E-state index contributed by atoms with van der Waals surface area (Å²) >= 11 is 1.59. The molecule has 0 amide bonds. The van der Waals surface area contributed by atoms with Gasteiger partial charge in [-0.1, -0.05) is 36.4 Å². The molecule has 0 spiro atoms. The third kappa shape index (κ3) is 4.15. The van der Waals surface area contributed by atoms with Crippen molar-refractivity contribution in [1.82, 2.24) is 24.9 Å². The van der Waals surface area contributed by atoms with Crippen LogP contribution in [-0.2, 0) is 13.1 Å². The van der Waals surface area contributed by atoms with Crippen LogP contribution in [-0.4, -0.2) is 31.9 Å². The van der Waals surface area contributed by atoms with Crippen molar-refractivity contribution in [3.63, 3.8) is 0 Å². The standard InChI is InChI=1S/C20H21N5OS/c1-15(19-22-23-20(26-19)18-9-6-10-27-18)24(2)12-17-11-21-25(14-17)13-16-7-4-3-5-8-16/h3-11,14-15H,12-13H2,1-2H3. The van der Waals surface area contributed by atoms with E-state index in [4.69, 9.17) is 4.42 Å². The van der Waals surface area contributed by atoms with E-state index < -0.39 is 0 Å². The second-order valence-corrected chi connectivity index (χ2v) is 7.49. The number of nitrogens with zero attached hydrogens (tertiary/aromatic N) is 5. The molecule has 0 saturated carbocycles. The van der Waals surface area contributed by atoms with Crippen LogP contribution in [0.5, 0.6) is 0 Å². The van der Waals surface area contributed by atoms with Crippen LogP contribution in [0.2, 0.25) is 0 Å². The van der Waals surface area contributed by atoms with Gasteiger partial charge in [0.05, 0.1) is 23.7 Å². The SMILES string of the molecule is CC(c1nnc(-c2cccs2)o1)N(C)Cc1cnn(Cc2ccccc2)c1. The third-order valence-corrected chi connectivity index (χ3v) is 5.36. The van der Waals surface area contributed by atoms with Crippen LogP contribution in [0.4, 0.5) is 0 Å². The van der Waals surface area contributed by atoms with Gasteiger partial charge in [-0.3, -0.25) is 9.58 Å². The van der Waals surface area contributed by atoms with Gasteiger partial charge in [0.15, 0.2) is 0 Å². The Balaban J connectivity index is 1.39. The molecule has 0 aliphatic heterocycles. The predicted octanol–water partition coefficient (Wildman–Crippen LogP) is 4.24. The van der Waals surface area contributed by atoms with Gasteiger partial charge < -0.3 is 4.42 Å². The van der Waals surface area contributed by atoms with Gasteiger partial charge in [0, 0.05) is 18.3 Å². The molecule has 3 heterocycles. The molecule has 4 aromatic rings. The Morgan fingerprint density at radius 1 is 1.11 bits per heavy atom. The van der Waals surface area contributed by atoms with E-state index >= 15 is 0 Å². The van der Waals surface area contributed by atoms with Crippen molar-refractivity contribution in [3.8, 4) is 10.8 Å². The lowest BCUT2D eigenvalue weighted by Crippen LogP contribution is -2.22. The van der Waals surface area contributed by atoms with Gasteiger partial charge in [-0.2, -0.15) is 5.10 Å². The maximum atomic E-state index is 5.86. The highest BCUT2D eigenvalue weighted by Crippen LogP contribution is 2.26. The first kappa shape index (κ1) is 17.6.